The smallest absolute Gasteiger partial charge is 0.103 e. The highest BCUT2D eigenvalue weighted by Crippen LogP contribution is 2.54. The van der Waals surface area contributed by atoms with Gasteiger partial charge in [-0.1, -0.05) is 86.8 Å². The molecule has 0 spiro atoms. The van der Waals surface area contributed by atoms with Gasteiger partial charge in [0.15, 0.2) is 0 Å². The first kappa shape index (κ1) is 30.1. The molecular formula is C31H58O2. The molecule has 1 rings (SSSR count). The lowest BCUT2D eigenvalue weighted by atomic mass is 9.58. The first-order valence-electron chi connectivity index (χ1n) is 13.5. The van der Waals surface area contributed by atoms with E-state index in [0.717, 1.165) is 12.8 Å². The molecule has 1 aliphatic carbocycles. The lowest BCUT2D eigenvalue weighted by Crippen LogP contribution is -2.42. The Balaban J connectivity index is 3.00. The Morgan fingerprint density at radius 1 is 0.576 bits per heavy atom. The molecular weight excluding hydrogens is 404 g/mol. The largest absolute Gasteiger partial charge is 0.496 e. The van der Waals surface area contributed by atoms with Crippen molar-refractivity contribution in [1.29, 1.82) is 0 Å². The van der Waals surface area contributed by atoms with E-state index in [9.17, 15) is 0 Å². The lowest BCUT2D eigenvalue weighted by molar-refractivity contribution is -0.0426. The Morgan fingerprint density at radius 2 is 0.848 bits per heavy atom. The van der Waals surface area contributed by atoms with Crippen molar-refractivity contribution in [2.45, 2.75) is 151 Å². The number of ether oxygens (including phenoxy) is 2. The van der Waals surface area contributed by atoms with E-state index in [-0.39, 0.29) is 22.0 Å². The summed E-state index contributed by atoms with van der Waals surface area (Å²) in [5.41, 5.74) is 0.715. The van der Waals surface area contributed by atoms with Gasteiger partial charge in [-0.2, -0.15) is 0 Å². The predicted molar refractivity (Wildman–Crippen MR) is 145 cm³/mol. The van der Waals surface area contributed by atoms with Crippen LogP contribution in [0.3, 0.4) is 0 Å². The van der Waals surface area contributed by atoms with Crippen LogP contribution in [0, 0.1) is 21.7 Å². The zero-order valence-electron chi connectivity index (χ0n) is 24.2. The Morgan fingerprint density at radius 3 is 1.12 bits per heavy atom. The average molecular weight is 463 g/mol. The molecule has 0 heterocycles. The summed E-state index contributed by atoms with van der Waals surface area (Å²) in [6.07, 6.45) is 17.1. The minimum Gasteiger partial charge on any atom is -0.496 e. The summed E-state index contributed by atoms with van der Waals surface area (Å²) in [4.78, 5) is 0. The molecule has 0 saturated heterocycles. The SMILES string of the molecule is C=COC(C)(C)CC(C)(C)C1(C)CCCCCC(C)(C(C)(C)CC(C)(C)OC=C)CCCC1. The van der Waals surface area contributed by atoms with E-state index in [2.05, 4.69) is 82.4 Å². The summed E-state index contributed by atoms with van der Waals surface area (Å²) in [6, 6.07) is 0. The maximum atomic E-state index is 5.89. The van der Waals surface area contributed by atoms with E-state index in [1.54, 1.807) is 12.5 Å². The molecule has 194 valence electrons. The van der Waals surface area contributed by atoms with Crippen LogP contribution >= 0.6 is 0 Å². The van der Waals surface area contributed by atoms with Gasteiger partial charge in [0.25, 0.3) is 0 Å². The quantitative estimate of drug-likeness (QED) is 0.301. The number of rotatable bonds is 10. The summed E-state index contributed by atoms with van der Waals surface area (Å²) < 4.78 is 11.8. The van der Waals surface area contributed by atoms with Crippen molar-refractivity contribution in [2.75, 3.05) is 0 Å². The van der Waals surface area contributed by atoms with Gasteiger partial charge in [0.1, 0.15) is 11.2 Å². The van der Waals surface area contributed by atoms with Gasteiger partial charge in [-0.3, -0.25) is 0 Å². The molecule has 2 nitrogen and oxygen atoms in total. The van der Waals surface area contributed by atoms with Crippen molar-refractivity contribution in [2.24, 2.45) is 21.7 Å². The van der Waals surface area contributed by atoms with Crippen LogP contribution in [0.15, 0.2) is 25.7 Å². The maximum absolute atomic E-state index is 5.89. The van der Waals surface area contributed by atoms with Crippen LogP contribution in [-0.4, -0.2) is 11.2 Å². The Bertz CT molecular complexity index is 573. The van der Waals surface area contributed by atoms with Gasteiger partial charge in [-0.25, -0.2) is 0 Å². The van der Waals surface area contributed by atoms with Gasteiger partial charge < -0.3 is 9.47 Å². The fourth-order valence-corrected chi connectivity index (χ4v) is 6.93. The molecule has 0 aromatic carbocycles. The van der Waals surface area contributed by atoms with E-state index in [1.165, 1.54) is 57.8 Å². The lowest BCUT2D eigenvalue weighted by Gasteiger charge is -2.49. The van der Waals surface area contributed by atoms with Crippen molar-refractivity contribution in [3.05, 3.63) is 25.7 Å². The van der Waals surface area contributed by atoms with Crippen LogP contribution < -0.4 is 0 Å². The maximum Gasteiger partial charge on any atom is 0.103 e. The summed E-state index contributed by atoms with van der Waals surface area (Å²) in [5.74, 6) is 0. The van der Waals surface area contributed by atoms with Crippen LogP contribution in [0.1, 0.15) is 140 Å². The second kappa shape index (κ2) is 11.2. The standard InChI is InChI=1S/C31H58O2/c1-13-32-28(7,8)24-26(3,4)30(11)20-16-15-17-21-31(12,23-19-18-22-30)27(5,6)25-29(9,10)33-14-2/h13-14H,1-2,15-25H2,3-12H3. The highest BCUT2D eigenvalue weighted by Gasteiger charge is 2.46. The Kier molecular flexibility index (Phi) is 10.2. The van der Waals surface area contributed by atoms with E-state index >= 15 is 0 Å². The summed E-state index contributed by atoms with van der Waals surface area (Å²) in [5, 5.41) is 0. The molecule has 2 unspecified atom stereocenters. The molecule has 2 atom stereocenters. The third-order valence-electron chi connectivity index (χ3n) is 9.47. The average Bonchev–Trinajstić information content (AvgIpc) is 2.65. The molecule has 1 fully saturated rings. The minimum absolute atomic E-state index is 0.177. The van der Waals surface area contributed by atoms with Crippen molar-refractivity contribution < 1.29 is 9.47 Å². The fourth-order valence-electron chi connectivity index (χ4n) is 6.93. The minimum atomic E-state index is -0.177. The van der Waals surface area contributed by atoms with Crippen molar-refractivity contribution in [3.8, 4) is 0 Å². The fraction of sp³-hybridized carbons (Fsp3) is 0.871. The van der Waals surface area contributed by atoms with E-state index < -0.39 is 0 Å². The molecule has 0 aromatic heterocycles. The second-order valence-corrected chi connectivity index (χ2v) is 14.1. The van der Waals surface area contributed by atoms with Gasteiger partial charge in [0, 0.05) is 0 Å². The van der Waals surface area contributed by atoms with Gasteiger partial charge in [0.2, 0.25) is 0 Å². The first-order chi connectivity index (χ1) is 14.9. The molecule has 0 radical (unpaired) electrons. The van der Waals surface area contributed by atoms with Crippen molar-refractivity contribution >= 4 is 0 Å². The van der Waals surface area contributed by atoms with Gasteiger partial charge in [0.05, 0.1) is 12.5 Å². The van der Waals surface area contributed by atoms with Crippen LogP contribution in [-0.2, 0) is 9.47 Å². The zero-order valence-corrected chi connectivity index (χ0v) is 24.2. The Hall–Kier alpha value is -0.920. The topological polar surface area (TPSA) is 18.5 Å². The molecule has 0 aliphatic heterocycles. The highest BCUT2D eigenvalue weighted by molar-refractivity contribution is 4.97. The molecule has 0 aromatic rings. The van der Waals surface area contributed by atoms with E-state index in [0.29, 0.717) is 10.8 Å². The third kappa shape index (κ3) is 8.36. The molecule has 0 amide bonds. The summed E-state index contributed by atoms with van der Waals surface area (Å²) in [7, 11) is 0. The van der Waals surface area contributed by atoms with Crippen LogP contribution in [0.25, 0.3) is 0 Å². The summed E-state index contributed by atoms with van der Waals surface area (Å²) in [6.45, 7) is 31.4. The zero-order chi connectivity index (χ0) is 25.6. The highest BCUT2D eigenvalue weighted by atomic mass is 16.5. The van der Waals surface area contributed by atoms with Gasteiger partial charge in [-0.05, 0) is 87.9 Å². The van der Waals surface area contributed by atoms with Gasteiger partial charge in [-0.15, -0.1) is 0 Å². The van der Waals surface area contributed by atoms with E-state index in [1.807, 2.05) is 0 Å². The molecule has 1 saturated carbocycles. The van der Waals surface area contributed by atoms with Crippen LogP contribution in [0.4, 0.5) is 0 Å². The van der Waals surface area contributed by atoms with Gasteiger partial charge >= 0.3 is 0 Å². The molecule has 2 heteroatoms. The molecule has 0 bridgehead atoms. The van der Waals surface area contributed by atoms with Crippen molar-refractivity contribution in [3.63, 3.8) is 0 Å². The predicted octanol–water partition coefficient (Wildman–Crippen LogP) is 10.2. The molecule has 0 N–H and O–H groups in total. The first-order valence-corrected chi connectivity index (χ1v) is 13.5. The normalized spacial score (nSPS) is 26.7. The molecule has 33 heavy (non-hydrogen) atoms. The molecule has 1 aliphatic rings. The number of hydrogen-bond acceptors (Lipinski definition) is 2. The Labute approximate surface area is 208 Å². The summed E-state index contributed by atoms with van der Waals surface area (Å²) >= 11 is 0. The van der Waals surface area contributed by atoms with Crippen LogP contribution in [0.5, 0.6) is 0 Å². The number of hydrogen-bond donors (Lipinski definition) is 0. The monoisotopic (exact) mass is 462 g/mol. The van der Waals surface area contributed by atoms with E-state index in [4.69, 9.17) is 9.47 Å². The van der Waals surface area contributed by atoms with Crippen molar-refractivity contribution in [1.82, 2.24) is 0 Å². The second-order valence-electron chi connectivity index (χ2n) is 14.1. The van der Waals surface area contributed by atoms with Crippen LogP contribution in [0.2, 0.25) is 0 Å². The third-order valence-corrected chi connectivity index (χ3v) is 9.47.